The largest absolute Gasteiger partial charge is 0.487 e. The molecule has 5 rings (SSSR count). The van der Waals surface area contributed by atoms with Crippen molar-refractivity contribution < 1.29 is 23.9 Å². The molecule has 30 heavy (non-hydrogen) atoms. The molecule has 1 aromatic heterocycles. The summed E-state index contributed by atoms with van der Waals surface area (Å²) in [6.07, 6.45) is 0.205. The molecule has 3 heterocycles. The highest BCUT2D eigenvalue weighted by Crippen LogP contribution is 2.31. The van der Waals surface area contributed by atoms with Gasteiger partial charge in [0.05, 0.1) is 21.5 Å². The standard InChI is InChI=1S/C21H15N3O5S/c25-18-8-7-16(19(26)22-18)24-20(27)12-6-5-11(9-14(12)21(24)28)29-10-15-13-3-1-2-4-17(13)30-23-15/h1-6,9,16H,7-8,10H2,(H,22,25,26). The third kappa shape index (κ3) is 2.94. The van der Waals surface area contributed by atoms with Crippen LogP contribution in [0.5, 0.6) is 5.75 Å². The van der Waals surface area contributed by atoms with Crippen molar-refractivity contribution in [1.29, 1.82) is 0 Å². The lowest BCUT2D eigenvalue weighted by atomic mass is 10.0. The van der Waals surface area contributed by atoms with Crippen LogP contribution in [0.2, 0.25) is 0 Å². The highest BCUT2D eigenvalue weighted by Gasteiger charge is 2.44. The van der Waals surface area contributed by atoms with Crippen molar-refractivity contribution >= 4 is 45.2 Å². The van der Waals surface area contributed by atoms with Crippen LogP contribution in [0.4, 0.5) is 0 Å². The number of fused-ring (bicyclic) bond motifs is 2. The normalized spacial score (nSPS) is 18.7. The Morgan fingerprint density at radius 3 is 2.70 bits per heavy atom. The molecule has 1 unspecified atom stereocenters. The van der Waals surface area contributed by atoms with Crippen LogP contribution in [-0.4, -0.2) is 38.9 Å². The predicted octanol–water partition coefficient (Wildman–Crippen LogP) is 2.28. The number of hydrogen-bond donors (Lipinski definition) is 1. The quantitative estimate of drug-likeness (QED) is 0.648. The highest BCUT2D eigenvalue weighted by molar-refractivity contribution is 7.13. The second kappa shape index (κ2) is 7.03. The van der Waals surface area contributed by atoms with E-state index >= 15 is 0 Å². The monoisotopic (exact) mass is 421 g/mol. The summed E-state index contributed by atoms with van der Waals surface area (Å²) in [4.78, 5) is 50.0. The van der Waals surface area contributed by atoms with Crippen LogP contribution in [-0.2, 0) is 16.2 Å². The van der Waals surface area contributed by atoms with E-state index < -0.39 is 29.7 Å². The van der Waals surface area contributed by atoms with Crippen molar-refractivity contribution in [3.8, 4) is 5.75 Å². The molecule has 9 heteroatoms. The maximum atomic E-state index is 12.9. The molecule has 8 nitrogen and oxygen atoms in total. The summed E-state index contributed by atoms with van der Waals surface area (Å²) >= 11 is 1.39. The number of aromatic nitrogens is 1. The number of ether oxygens (including phenoxy) is 1. The topological polar surface area (TPSA) is 106 Å². The number of hydrogen-bond acceptors (Lipinski definition) is 7. The van der Waals surface area contributed by atoms with Crippen molar-refractivity contribution in [1.82, 2.24) is 14.6 Å². The van der Waals surface area contributed by atoms with Gasteiger partial charge in [0.2, 0.25) is 11.8 Å². The number of carbonyl (C=O) groups excluding carboxylic acids is 4. The first-order valence-corrected chi connectivity index (χ1v) is 10.1. The molecular weight excluding hydrogens is 406 g/mol. The summed E-state index contributed by atoms with van der Waals surface area (Å²) in [5, 5.41) is 3.19. The zero-order valence-corrected chi connectivity index (χ0v) is 16.4. The molecular formula is C21H15N3O5S. The first-order chi connectivity index (χ1) is 14.5. The van der Waals surface area contributed by atoms with Gasteiger partial charge in [-0.25, -0.2) is 0 Å². The Morgan fingerprint density at radius 1 is 1.07 bits per heavy atom. The number of imide groups is 2. The van der Waals surface area contributed by atoms with Gasteiger partial charge in [0.15, 0.2) is 0 Å². The molecule has 3 aromatic rings. The van der Waals surface area contributed by atoms with E-state index in [-0.39, 0.29) is 30.6 Å². The second-order valence-electron chi connectivity index (χ2n) is 7.07. The average molecular weight is 421 g/mol. The van der Waals surface area contributed by atoms with Crippen LogP contribution in [0.1, 0.15) is 39.3 Å². The molecule has 2 aromatic carbocycles. The van der Waals surface area contributed by atoms with Crippen LogP contribution in [0.3, 0.4) is 0 Å². The minimum Gasteiger partial charge on any atom is -0.487 e. The maximum absolute atomic E-state index is 12.9. The van der Waals surface area contributed by atoms with Crippen LogP contribution in [0.25, 0.3) is 10.1 Å². The van der Waals surface area contributed by atoms with Gasteiger partial charge in [0.25, 0.3) is 11.8 Å². The number of piperidine rings is 1. The van der Waals surface area contributed by atoms with Gasteiger partial charge in [-0.15, -0.1) is 0 Å². The highest BCUT2D eigenvalue weighted by atomic mass is 32.1. The van der Waals surface area contributed by atoms with Gasteiger partial charge in [-0.1, -0.05) is 18.2 Å². The summed E-state index contributed by atoms with van der Waals surface area (Å²) in [5.41, 5.74) is 1.20. The minimum atomic E-state index is -0.985. The third-order valence-corrected chi connectivity index (χ3v) is 6.10. The van der Waals surface area contributed by atoms with Crippen molar-refractivity contribution in [2.75, 3.05) is 0 Å². The van der Waals surface area contributed by atoms with Gasteiger partial charge in [-0.2, -0.15) is 4.37 Å². The summed E-state index contributed by atoms with van der Waals surface area (Å²) < 4.78 is 11.3. The van der Waals surface area contributed by atoms with Gasteiger partial charge in [-0.05, 0) is 42.2 Å². The SMILES string of the molecule is O=C1CCC(N2C(=O)c3ccc(OCc4nsc5ccccc45)cc3C2=O)C(=O)N1. The number of nitrogens with zero attached hydrogens (tertiary/aromatic N) is 2. The van der Waals surface area contributed by atoms with Crippen LogP contribution < -0.4 is 10.1 Å². The zero-order chi connectivity index (χ0) is 20.8. The Balaban J connectivity index is 1.37. The van der Waals surface area contributed by atoms with Gasteiger partial charge in [-0.3, -0.25) is 29.4 Å². The number of carbonyl (C=O) groups is 4. The fraction of sp³-hybridized carbons (Fsp3) is 0.190. The molecule has 0 aliphatic carbocycles. The summed E-state index contributed by atoms with van der Waals surface area (Å²) in [5.74, 6) is -1.71. The van der Waals surface area contributed by atoms with Crippen molar-refractivity contribution in [2.24, 2.45) is 0 Å². The van der Waals surface area contributed by atoms with E-state index in [1.54, 1.807) is 6.07 Å². The predicted molar refractivity (Wildman–Crippen MR) is 107 cm³/mol. The van der Waals surface area contributed by atoms with Crippen molar-refractivity contribution in [3.05, 3.63) is 59.3 Å². The molecule has 2 aliphatic heterocycles. The van der Waals surface area contributed by atoms with E-state index in [1.807, 2.05) is 24.3 Å². The van der Waals surface area contributed by atoms with Gasteiger partial charge < -0.3 is 4.74 Å². The maximum Gasteiger partial charge on any atom is 0.262 e. The van der Waals surface area contributed by atoms with Crippen LogP contribution in [0, 0.1) is 0 Å². The lowest BCUT2D eigenvalue weighted by Crippen LogP contribution is -2.54. The molecule has 0 spiro atoms. The molecule has 4 amide bonds. The molecule has 1 fully saturated rings. The lowest BCUT2D eigenvalue weighted by molar-refractivity contribution is -0.136. The van der Waals surface area contributed by atoms with E-state index in [9.17, 15) is 19.2 Å². The van der Waals surface area contributed by atoms with Crippen LogP contribution >= 0.6 is 11.5 Å². The Morgan fingerprint density at radius 2 is 1.87 bits per heavy atom. The molecule has 1 N–H and O–H groups in total. The molecule has 0 saturated carbocycles. The molecule has 0 radical (unpaired) electrons. The smallest absolute Gasteiger partial charge is 0.262 e. The Bertz CT molecular complexity index is 1230. The Kier molecular flexibility index (Phi) is 4.32. The molecule has 1 atom stereocenters. The fourth-order valence-corrected chi connectivity index (χ4v) is 4.52. The fourth-order valence-electron chi connectivity index (χ4n) is 3.73. The summed E-state index contributed by atoms with van der Waals surface area (Å²) in [6, 6.07) is 11.5. The average Bonchev–Trinajstić information content (AvgIpc) is 3.26. The first kappa shape index (κ1) is 18.4. The zero-order valence-electron chi connectivity index (χ0n) is 15.6. The van der Waals surface area contributed by atoms with E-state index in [0.717, 1.165) is 20.7 Å². The van der Waals surface area contributed by atoms with Gasteiger partial charge in [0.1, 0.15) is 18.4 Å². The summed E-state index contributed by atoms with van der Waals surface area (Å²) in [6.45, 7) is 0.224. The van der Waals surface area contributed by atoms with E-state index in [1.165, 1.54) is 23.7 Å². The minimum absolute atomic E-state index is 0.0831. The van der Waals surface area contributed by atoms with Crippen molar-refractivity contribution in [2.45, 2.75) is 25.5 Å². The van der Waals surface area contributed by atoms with Gasteiger partial charge in [0, 0.05) is 11.8 Å². The van der Waals surface area contributed by atoms with E-state index in [0.29, 0.717) is 5.75 Å². The Hall–Kier alpha value is -3.59. The lowest BCUT2D eigenvalue weighted by Gasteiger charge is -2.27. The number of rotatable bonds is 4. The molecule has 150 valence electrons. The second-order valence-corrected chi connectivity index (χ2v) is 7.87. The van der Waals surface area contributed by atoms with Crippen LogP contribution in [0.15, 0.2) is 42.5 Å². The third-order valence-electron chi connectivity index (χ3n) is 5.24. The number of amides is 4. The molecule has 1 saturated heterocycles. The van der Waals surface area contributed by atoms with E-state index in [2.05, 4.69) is 9.69 Å². The first-order valence-electron chi connectivity index (χ1n) is 9.34. The van der Waals surface area contributed by atoms with Crippen molar-refractivity contribution in [3.63, 3.8) is 0 Å². The number of nitrogens with one attached hydrogen (secondary N) is 1. The van der Waals surface area contributed by atoms with Gasteiger partial charge >= 0.3 is 0 Å². The Labute approximate surface area is 174 Å². The van der Waals surface area contributed by atoms with E-state index in [4.69, 9.17) is 4.74 Å². The summed E-state index contributed by atoms with van der Waals surface area (Å²) in [7, 11) is 0. The molecule has 0 bridgehead atoms. The number of benzene rings is 2. The molecule has 2 aliphatic rings.